The zero-order valence-corrected chi connectivity index (χ0v) is 16.4. The molecule has 0 spiro atoms. The predicted octanol–water partition coefficient (Wildman–Crippen LogP) is 2.24. The highest BCUT2D eigenvalue weighted by atomic mass is 16.1. The first-order valence-corrected chi connectivity index (χ1v) is 9.36. The molecule has 1 aliphatic rings. The van der Waals surface area contributed by atoms with Gasteiger partial charge < -0.3 is 0 Å². The fraction of sp³-hybridized carbons (Fsp3) is 0.364. The topological polar surface area (TPSA) is 74.3 Å². The Balaban J connectivity index is 1.96. The van der Waals surface area contributed by atoms with Crippen LogP contribution < -0.4 is 5.56 Å². The Labute approximate surface area is 164 Å². The number of rotatable bonds is 4. The molecule has 2 aromatic rings. The number of likely N-dealkylation sites (tertiary alicyclic amines) is 1. The summed E-state index contributed by atoms with van der Waals surface area (Å²) < 4.78 is 1.63. The Morgan fingerprint density at radius 1 is 1.43 bits per heavy atom. The minimum absolute atomic E-state index is 0.0552. The van der Waals surface area contributed by atoms with Crippen molar-refractivity contribution in [3.05, 3.63) is 52.1 Å². The molecule has 0 amide bonds. The predicted molar refractivity (Wildman–Crippen MR) is 111 cm³/mol. The first-order chi connectivity index (χ1) is 13.6. The Hall–Kier alpha value is -3.22. The maximum Gasteiger partial charge on any atom is 0.261 e. The number of aromatic nitrogens is 2. The molecule has 0 bridgehead atoms. The summed E-state index contributed by atoms with van der Waals surface area (Å²) in [6.07, 6.45) is 3.79. The van der Waals surface area contributed by atoms with E-state index in [1.54, 1.807) is 17.7 Å². The summed E-state index contributed by atoms with van der Waals surface area (Å²) in [5, 5.41) is 9.38. The third-order valence-corrected chi connectivity index (χ3v) is 4.72. The number of hydrogen-bond donors (Lipinski definition) is 0. The highest BCUT2D eigenvalue weighted by Crippen LogP contribution is 2.25. The van der Waals surface area contributed by atoms with Crippen LogP contribution in [-0.4, -0.2) is 46.3 Å². The van der Waals surface area contributed by atoms with E-state index in [4.69, 9.17) is 10.2 Å². The molecule has 6 nitrogen and oxygen atoms in total. The van der Waals surface area contributed by atoms with Gasteiger partial charge in [-0.25, -0.2) is 4.98 Å². The Kier molecular flexibility index (Phi) is 6.03. The van der Waals surface area contributed by atoms with Crippen LogP contribution in [0.1, 0.15) is 31.2 Å². The molecule has 2 heterocycles. The first-order valence-electron chi connectivity index (χ1n) is 9.36. The monoisotopic (exact) mass is 373 g/mol. The number of aliphatic imine (C=N–C) groups is 1. The van der Waals surface area contributed by atoms with E-state index in [2.05, 4.69) is 22.9 Å². The van der Waals surface area contributed by atoms with E-state index in [0.29, 0.717) is 24.0 Å². The van der Waals surface area contributed by atoms with Crippen LogP contribution in [0.5, 0.6) is 0 Å². The van der Waals surface area contributed by atoms with Crippen molar-refractivity contribution in [2.75, 3.05) is 26.2 Å². The average Bonchev–Trinajstić information content (AvgIpc) is 2.66. The lowest BCUT2D eigenvalue weighted by Gasteiger charge is -2.37. The molecule has 1 aliphatic heterocycles. The fourth-order valence-corrected chi connectivity index (χ4v) is 3.29. The number of nitrogens with zero attached hydrogens (tertiary/aromatic N) is 5. The normalized spacial score (nSPS) is 15.3. The number of fused-ring (bicyclic) bond motifs is 1. The third kappa shape index (κ3) is 4.03. The summed E-state index contributed by atoms with van der Waals surface area (Å²) >= 11 is 0. The summed E-state index contributed by atoms with van der Waals surface area (Å²) in [6, 6.07) is 7.64. The van der Waals surface area contributed by atoms with Crippen LogP contribution in [0.3, 0.4) is 0 Å². The van der Waals surface area contributed by atoms with Crippen LogP contribution in [-0.2, 0) is 7.05 Å². The molecule has 142 valence electrons. The van der Waals surface area contributed by atoms with Crippen LogP contribution in [0.25, 0.3) is 10.9 Å². The Bertz CT molecular complexity index is 1100. The van der Waals surface area contributed by atoms with E-state index in [9.17, 15) is 4.79 Å². The number of benzene rings is 1. The lowest BCUT2D eigenvalue weighted by atomic mass is 9.98. The molecule has 1 aromatic carbocycles. The quantitative estimate of drug-likeness (QED) is 0.468. The van der Waals surface area contributed by atoms with Gasteiger partial charge in [-0.15, -0.1) is 0 Å². The van der Waals surface area contributed by atoms with Gasteiger partial charge in [-0.3, -0.25) is 19.3 Å². The zero-order chi connectivity index (χ0) is 20.1. The molecule has 1 aromatic heterocycles. The molecule has 0 saturated carbocycles. The fourth-order valence-electron chi connectivity index (χ4n) is 3.29. The number of allylic oxidation sites excluding steroid dienone is 2. The maximum atomic E-state index is 12.7. The van der Waals surface area contributed by atoms with Crippen LogP contribution in [0, 0.1) is 23.2 Å². The maximum absolute atomic E-state index is 12.7. The molecule has 3 rings (SSSR count). The highest BCUT2D eigenvalue weighted by Gasteiger charge is 2.31. The Morgan fingerprint density at radius 3 is 2.89 bits per heavy atom. The van der Waals surface area contributed by atoms with Gasteiger partial charge in [0.25, 0.3) is 5.56 Å². The summed E-state index contributed by atoms with van der Waals surface area (Å²) in [5.41, 5.74) is 2.13. The lowest BCUT2D eigenvalue weighted by Crippen LogP contribution is -2.47. The van der Waals surface area contributed by atoms with Crippen molar-refractivity contribution in [2.45, 2.75) is 19.8 Å². The number of hydrogen-bond acceptors (Lipinski definition) is 5. The second-order valence-electron chi connectivity index (χ2n) is 6.72. The molecule has 28 heavy (non-hydrogen) atoms. The summed E-state index contributed by atoms with van der Waals surface area (Å²) in [7, 11) is 1.76. The molecule has 1 fully saturated rings. The van der Waals surface area contributed by atoms with Gasteiger partial charge in [0.2, 0.25) is 0 Å². The van der Waals surface area contributed by atoms with Crippen molar-refractivity contribution in [1.29, 1.82) is 5.26 Å². The van der Waals surface area contributed by atoms with E-state index in [-0.39, 0.29) is 11.5 Å². The molecule has 0 radical (unpaired) electrons. The first kappa shape index (κ1) is 19.5. The molecular weight excluding hydrogens is 350 g/mol. The van der Waals surface area contributed by atoms with Gasteiger partial charge in [-0.05, 0) is 44.0 Å². The SMILES string of the molecule is C/C=C\C(C#Cc1ccc2c(=O)n(C)c(C3CN(CC#N)C3)nc2c1)=NCC. The van der Waals surface area contributed by atoms with Crippen molar-refractivity contribution < 1.29 is 0 Å². The van der Waals surface area contributed by atoms with E-state index in [0.717, 1.165) is 30.2 Å². The van der Waals surface area contributed by atoms with Gasteiger partial charge in [0.1, 0.15) is 11.5 Å². The zero-order valence-electron chi connectivity index (χ0n) is 16.4. The molecular formula is C22H23N5O. The van der Waals surface area contributed by atoms with E-state index in [1.165, 1.54) is 0 Å². The van der Waals surface area contributed by atoms with Crippen LogP contribution >= 0.6 is 0 Å². The summed E-state index contributed by atoms with van der Waals surface area (Å²) in [5.74, 6) is 7.12. The molecule has 6 heteroatoms. The van der Waals surface area contributed by atoms with Gasteiger partial charge >= 0.3 is 0 Å². The van der Waals surface area contributed by atoms with Crippen molar-refractivity contribution in [2.24, 2.45) is 12.0 Å². The van der Waals surface area contributed by atoms with Gasteiger partial charge in [0.05, 0.1) is 23.5 Å². The second-order valence-corrected chi connectivity index (χ2v) is 6.72. The lowest BCUT2D eigenvalue weighted by molar-refractivity contribution is 0.161. The van der Waals surface area contributed by atoms with E-state index >= 15 is 0 Å². The van der Waals surface area contributed by atoms with Crippen molar-refractivity contribution in [3.8, 4) is 17.9 Å². The highest BCUT2D eigenvalue weighted by molar-refractivity contribution is 6.09. The molecule has 0 aliphatic carbocycles. The molecule has 0 N–H and O–H groups in total. The van der Waals surface area contributed by atoms with E-state index < -0.39 is 0 Å². The Morgan fingerprint density at radius 2 is 2.21 bits per heavy atom. The smallest absolute Gasteiger partial charge is 0.261 e. The van der Waals surface area contributed by atoms with Gasteiger partial charge in [-0.2, -0.15) is 5.26 Å². The summed E-state index contributed by atoms with van der Waals surface area (Å²) in [4.78, 5) is 23.9. The average molecular weight is 373 g/mol. The molecule has 1 saturated heterocycles. The molecule has 0 unspecified atom stereocenters. The van der Waals surface area contributed by atoms with Gasteiger partial charge in [-0.1, -0.05) is 12.0 Å². The van der Waals surface area contributed by atoms with Crippen molar-refractivity contribution >= 4 is 16.6 Å². The minimum Gasteiger partial charge on any atom is -0.299 e. The van der Waals surface area contributed by atoms with E-state index in [1.807, 2.05) is 43.0 Å². The van der Waals surface area contributed by atoms with Gasteiger partial charge in [0, 0.05) is 38.2 Å². The van der Waals surface area contributed by atoms with Crippen molar-refractivity contribution in [1.82, 2.24) is 14.5 Å². The van der Waals surface area contributed by atoms with Crippen LogP contribution in [0.4, 0.5) is 0 Å². The van der Waals surface area contributed by atoms with Crippen LogP contribution in [0.15, 0.2) is 40.1 Å². The van der Waals surface area contributed by atoms with Gasteiger partial charge in [0.15, 0.2) is 0 Å². The minimum atomic E-state index is -0.0552. The largest absolute Gasteiger partial charge is 0.299 e. The summed E-state index contributed by atoms with van der Waals surface area (Å²) in [6.45, 7) is 6.49. The van der Waals surface area contributed by atoms with Crippen LogP contribution in [0.2, 0.25) is 0 Å². The standard InChI is InChI=1S/C22H23N5O/c1-4-6-18(24-5-2)9-7-16-8-10-19-20(13-16)25-21(26(3)22(19)28)17-14-27(15-17)12-11-23/h4,6,8,10,13,17H,5,12,14-15H2,1-3H3/b6-4-,24-18?. The second kappa shape index (κ2) is 8.65. The van der Waals surface area contributed by atoms with Crippen molar-refractivity contribution in [3.63, 3.8) is 0 Å². The third-order valence-electron chi connectivity index (χ3n) is 4.72. The number of nitriles is 1. The molecule has 0 atom stereocenters.